The van der Waals surface area contributed by atoms with Gasteiger partial charge in [0, 0.05) is 25.9 Å². The molecule has 0 aromatic carbocycles. The molecule has 0 radical (unpaired) electrons. The molecular weight excluding hydrogens is 168 g/mol. The Bertz CT molecular complexity index is 214. The van der Waals surface area contributed by atoms with Gasteiger partial charge in [-0.2, -0.15) is 0 Å². The summed E-state index contributed by atoms with van der Waals surface area (Å²) in [5, 5.41) is 0. The summed E-state index contributed by atoms with van der Waals surface area (Å²) in [7, 11) is 1.66. The van der Waals surface area contributed by atoms with Gasteiger partial charge in [0.2, 0.25) is 0 Å². The lowest BCUT2D eigenvalue weighted by molar-refractivity contribution is -0.175. The molecule has 3 heteroatoms. The predicted octanol–water partition coefficient (Wildman–Crippen LogP) is 1.22. The molecule has 74 valence electrons. The van der Waals surface area contributed by atoms with Crippen molar-refractivity contribution in [3.63, 3.8) is 0 Å². The maximum atomic E-state index is 11.4. The Morgan fingerprint density at radius 1 is 1.54 bits per heavy atom. The van der Waals surface area contributed by atoms with Gasteiger partial charge in [0.25, 0.3) is 0 Å². The largest absolute Gasteiger partial charge is 0.356 e. The first-order chi connectivity index (χ1) is 6.22. The minimum Gasteiger partial charge on any atom is -0.356 e. The van der Waals surface area contributed by atoms with E-state index in [1.54, 1.807) is 7.11 Å². The lowest BCUT2D eigenvalue weighted by Crippen LogP contribution is -2.33. The molecule has 0 amide bonds. The maximum Gasteiger partial charge on any atom is 0.157 e. The quantitative estimate of drug-likeness (QED) is 0.614. The molecule has 1 saturated carbocycles. The van der Waals surface area contributed by atoms with Crippen LogP contribution in [0.4, 0.5) is 0 Å². The van der Waals surface area contributed by atoms with Crippen LogP contribution in [-0.4, -0.2) is 25.8 Å². The van der Waals surface area contributed by atoms with E-state index in [-0.39, 0.29) is 12.2 Å². The number of hydrogen-bond acceptors (Lipinski definition) is 3. The topological polar surface area (TPSA) is 35.5 Å². The van der Waals surface area contributed by atoms with E-state index in [4.69, 9.17) is 9.47 Å². The van der Waals surface area contributed by atoms with Crippen molar-refractivity contribution in [1.82, 2.24) is 0 Å². The van der Waals surface area contributed by atoms with Crippen molar-refractivity contribution < 1.29 is 14.3 Å². The Hall–Kier alpha value is -0.410. The van der Waals surface area contributed by atoms with Gasteiger partial charge in [0.05, 0.1) is 6.61 Å². The van der Waals surface area contributed by atoms with Gasteiger partial charge < -0.3 is 9.47 Å². The molecule has 2 aliphatic rings. The van der Waals surface area contributed by atoms with Gasteiger partial charge in [-0.05, 0) is 11.8 Å². The summed E-state index contributed by atoms with van der Waals surface area (Å²) in [6, 6.07) is 0. The third-order valence-electron chi connectivity index (χ3n) is 3.45. The second-order valence-corrected chi connectivity index (χ2v) is 4.12. The molecule has 0 unspecified atom stereocenters. The number of carbonyl (C=O) groups is 1. The monoisotopic (exact) mass is 184 g/mol. The second-order valence-electron chi connectivity index (χ2n) is 4.12. The van der Waals surface area contributed by atoms with Crippen LogP contribution in [0.25, 0.3) is 0 Å². The molecule has 3 nitrogen and oxygen atoms in total. The fraction of sp³-hybridized carbons (Fsp3) is 0.900. The van der Waals surface area contributed by atoms with Gasteiger partial charge in [0.1, 0.15) is 5.78 Å². The lowest BCUT2D eigenvalue weighted by atomic mass is 9.87. The highest BCUT2D eigenvalue weighted by Crippen LogP contribution is 2.40. The molecule has 1 aliphatic carbocycles. The van der Waals surface area contributed by atoms with Crippen LogP contribution in [0.1, 0.15) is 19.8 Å². The predicted molar refractivity (Wildman–Crippen MR) is 47.1 cm³/mol. The van der Waals surface area contributed by atoms with Crippen molar-refractivity contribution in [3.8, 4) is 0 Å². The molecule has 2 fully saturated rings. The summed E-state index contributed by atoms with van der Waals surface area (Å²) in [6.45, 7) is 2.71. The maximum absolute atomic E-state index is 11.4. The van der Waals surface area contributed by atoms with Crippen LogP contribution in [0.15, 0.2) is 0 Å². The number of hydrogen-bond donors (Lipinski definition) is 0. The number of ether oxygens (including phenoxy) is 2. The van der Waals surface area contributed by atoms with E-state index in [0.29, 0.717) is 24.2 Å². The molecule has 0 bridgehead atoms. The number of Topliss-reactive ketones (excluding diaryl/α,β-unsaturated/α-hetero) is 1. The zero-order valence-electron chi connectivity index (χ0n) is 8.16. The van der Waals surface area contributed by atoms with E-state index in [2.05, 4.69) is 0 Å². The first kappa shape index (κ1) is 9.16. The van der Waals surface area contributed by atoms with Crippen LogP contribution in [0.5, 0.6) is 0 Å². The van der Waals surface area contributed by atoms with Gasteiger partial charge >= 0.3 is 0 Å². The minimum absolute atomic E-state index is 0.0839. The molecule has 1 aliphatic heterocycles. The molecule has 1 heterocycles. The van der Waals surface area contributed by atoms with Crippen LogP contribution in [-0.2, 0) is 14.3 Å². The van der Waals surface area contributed by atoms with E-state index >= 15 is 0 Å². The van der Waals surface area contributed by atoms with Crippen molar-refractivity contribution in [2.45, 2.75) is 26.1 Å². The van der Waals surface area contributed by atoms with Crippen molar-refractivity contribution in [3.05, 3.63) is 0 Å². The number of fused-ring (bicyclic) bond motifs is 1. The van der Waals surface area contributed by atoms with Crippen molar-refractivity contribution >= 4 is 5.78 Å². The second kappa shape index (κ2) is 3.39. The Kier molecular flexibility index (Phi) is 2.39. The number of rotatable bonds is 1. The first-order valence-corrected chi connectivity index (χ1v) is 4.89. The zero-order chi connectivity index (χ0) is 9.42. The fourth-order valence-corrected chi connectivity index (χ4v) is 2.48. The van der Waals surface area contributed by atoms with E-state index in [0.717, 1.165) is 12.8 Å². The third kappa shape index (κ3) is 1.51. The van der Waals surface area contributed by atoms with E-state index in [1.807, 2.05) is 6.92 Å². The van der Waals surface area contributed by atoms with Gasteiger partial charge in [-0.1, -0.05) is 6.92 Å². The van der Waals surface area contributed by atoms with Gasteiger partial charge in [0.15, 0.2) is 6.29 Å². The Balaban J connectivity index is 2.03. The summed E-state index contributed by atoms with van der Waals surface area (Å²) in [6.07, 6.45) is 1.53. The van der Waals surface area contributed by atoms with Crippen molar-refractivity contribution in [2.24, 2.45) is 17.8 Å². The van der Waals surface area contributed by atoms with Crippen LogP contribution < -0.4 is 0 Å². The van der Waals surface area contributed by atoms with Crippen LogP contribution in [0, 0.1) is 17.8 Å². The molecule has 0 aromatic rings. The average molecular weight is 184 g/mol. The standard InChI is InChI=1S/C10H16O3/c1-6-8-5-13-10(12-2)4-7(8)3-9(6)11/h6-8,10H,3-5H2,1-2H3/t6-,7+,8+,10+/m1/s1. The van der Waals surface area contributed by atoms with Crippen LogP contribution in [0.2, 0.25) is 0 Å². The lowest BCUT2D eigenvalue weighted by Gasteiger charge is -2.32. The molecule has 0 spiro atoms. The summed E-state index contributed by atoms with van der Waals surface area (Å²) in [5.41, 5.74) is 0. The SMILES string of the molecule is CO[C@@H]1C[C@@H]2CC(=O)[C@H](C)[C@@H]2CO1. The summed E-state index contributed by atoms with van der Waals surface area (Å²) in [4.78, 5) is 11.4. The molecule has 0 aromatic heterocycles. The molecule has 2 rings (SSSR count). The van der Waals surface area contributed by atoms with Crippen LogP contribution in [0.3, 0.4) is 0 Å². The smallest absolute Gasteiger partial charge is 0.157 e. The Morgan fingerprint density at radius 3 is 3.00 bits per heavy atom. The number of ketones is 1. The fourth-order valence-electron chi connectivity index (χ4n) is 2.48. The molecule has 1 saturated heterocycles. The molecular formula is C10H16O3. The summed E-state index contributed by atoms with van der Waals surface area (Å²) >= 11 is 0. The van der Waals surface area contributed by atoms with E-state index in [1.165, 1.54) is 0 Å². The Labute approximate surface area is 78.4 Å². The first-order valence-electron chi connectivity index (χ1n) is 4.89. The highest BCUT2D eigenvalue weighted by Gasteiger charge is 2.43. The van der Waals surface area contributed by atoms with E-state index in [9.17, 15) is 4.79 Å². The highest BCUT2D eigenvalue weighted by atomic mass is 16.7. The normalized spacial score (nSPS) is 44.9. The summed E-state index contributed by atoms with van der Waals surface area (Å²) in [5.74, 6) is 1.54. The van der Waals surface area contributed by atoms with Gasteiger partial charge in [-0.15, -0.1) is 0 Å². The highest BCUT2D eigenvalue weighted by molar-refractivity contribution is 5.83. The minimum atomic E-state index is -0.0839. The van der Waals surface area contributed by atoms with E-state index < -0.39 is 0 Å². The Morgan fingerprint density at radius 2 is 2.31 bits per heavy atom. The van der Waals surface area contributed by atoms with Gasteiger partial charge in [-0.25, -0.2) is 0 Å². The number of carbonyl (C=O) groups excluding carboxylic acids is 1. The molecule has 13 heavy (non-hydrogen) atoms. The number of methoxy groups -OCH3 is 1. The van der Waals surface area contributed by atoms with Crippen molar-refractivity contribution in [1.29, 1.82) is 0 Å². The molecule has 4 atom stereocenters. The van der Waals surface area contributed by atoms with Crippen LogP contribution >= 0.6 is 0 Å². The average Bonchev–Trinajstić information content (AvgIpc) is 2.42. The third-order valence-corrected chi connectivity index (χ3v) is 3.45. The van der Waals surface area contributed by atoms with Crippen molar-refractivity contribution in [2.75, 3.05) is 13.7 Å². The summed E-state index contributed by atoms with van der Waals surface area (Å²) < 4.78 is 10.6. The van der Waals surface area contributed by atoms with Gasteiger partial charge in [-0.3, -0.25) is 4.79 Å². The zero-order valence-corrected chi connectivity index (χ0v) is 8.16. The molecule has 0 N–H and O–H groups in total.